The zero-order chi connectivity index (χ0) is 14.8. The molecule has 1 N–H and O–H groups in total. The molecule has 1 heterocycles. The lowest BCUT2D eigenvalue weighted by Gasteiger charge is -2.44. The molecule has 2 fully saturated rings. The molecule has 4 atom stereocenters. The summed E-state index contributed by atoms with van der Waals surface area (Å²) in [5.74, 6) is 0.701. The van der Waals surface area contributed by atoms with Gasteiger partial charge in [0.2, 0.25) is 0 Å². The second kappa shape index (κ2) is 6.75. The van der Waals surface area contributed by atoms with Crippen molar-refractivity contribution in [2.75, 3.05) is 26.4 Å². The van der Waals surface area contributed by atoms with E-state index in [0.29, 0.717) is 18.0 Å². The van der Waals surface area contributed by atoms with Crippen LogP contribution >= 0.6 is 0 Å². The highest BCUT2D eigenvalue weighted by Crippen LogP contribution is 2.31. The summed E-state index contributed by atoms with van der Waals surface area (Å²) >= 11 is 0. The van der Waals surface area contributed by atoms with E-state index in [1.165, 1.54) is 25.5 Å². The van der Waals surface area contributed by atoms with Crippen LogP contribution < -0.4 is 5.32 Å². The topological polar surface area (TPSA) is 49.4 Å². The molecule has 0 amide bonds. The van der Waals surface area contributed by atoms with Crippen LogP contribution in [0.3, 0.4) is 0 Å². The molecule has 0 aromatic rings. The lowest BCUT2D eigenvalue weighted by atomic mass is 9.86. The minimum atomic E-state index is -2.87. The Balaban J connectivity index is 1.98. The molecule has 4 unspecified atom stereocenters. The molecule has 1 aliphatic heterocycles. The van der Waals surface area contributed by atoms with E-state index in [0.717, 1.165) is 32.4 Å². The minimum absolute atomic E-state index is 0.108. The molecule has 20 heavy (non-hydrogen) atoms. The Labute approximate surface area is 124 Å². The van der Waals surface area contributed by atoms with Gasteiger partial charge in [-0.15, -0.1) is 0 Å². The van der Waals surface area contributed by atoms with Gasteiger partial charge in [0.25, 0.3) is 0 Å². The number of nitrogens with one attached hydrogen (secondary N) is 1. The van der Waals surface area contributed by atoms with Crippen LogP contribution in [0.15, 0.2) is 0 Å². The summed E-state index contributed by atoms with van der Waals surface area (Å²) in [5.41, 5.74) is 0. The highest BCUT2D eigenvalue weighted by molar-refractivity contribution is 7.91. The number of sulfone groups is 1. The number of hydrogen-bond donors (Lipinski definition) is 1. The maximum atomic E-state index is 11.8. The third-order valence-electron chi connectivity index (χ3n) is 5.38. The molecule has 5 heteroatoms. The third-order valence-corrected chi connectivity index (χ3v) is 7.02. The summed E-state index contributed by atoms with van der Waals surface area (Å²) in [6.45, 7) is 4.50. The highest BCUT2D eigenvalue weighted by atomic mass is 32.2. The van der Waals surface area contributed by atoms with Crippen molar-refractivity contribution in [3.8, 4) is 0 Å². The fraction of sp³-hybridized carbons (Fsp3) is 1.00. The predicted octanol–water partition coefficient (Wildman–Crippen LogP) is 1.66. The van der Waals surface area contributed by atoms with Crippen LogP contribution in [0.25, 0.3) is 0 Å². The highest BCUT2D eigenvalue weighted by Gasteiger charge is 2.35. The number of hydrogen-bond acceptors (Lipinski definition) is 4. The quantitative estimate of drug-likeness (QED) is 0.858. The molecule has 2 rings (SSSR count). The molecule has 0 aromatic heterocycles. The van der Waals surface area contributed by atoms with Gasteiger partial charge < -0.3 is 5.32 Å². The minimum Gasteiger partial charge on any atom is -0.317 e. The molecule has 0 radical (unpaired) electrons. The van der Waals surface area contributed by atoms with Gasteiger partial charge in [-0.1, -0.05) is 19.8 Å². The summed E-state index contributed by atoms with van der Waals surface area (Å²) < 4.78 is 23.6. The fourth-order valence-corrected chi connectivity index (χ4v) is 5.19. The van der Waals surface area contributed by atoms with Crippen molar-refractivity contribution in [2.45, 2.75) is 62.8 Å². The predicted molar refractivity (Wildman–Crippen MR) is 83.7 cm³/mol. The number of nitrogens with zero attached hydrogens (tertiary/aromatic N) is 1. The van der Waals surface area contributed by atoms with Gasteiger partial charge in [-0.2, -0.15) is 0 Å². The molecule has 1 aliphatic carbocycles. The zero-order valence-corrected chi connectivity index (χ0v) is 14.0. The first kappa shape index (κ1) is 16.2. The third kappa shape index (κ3) is 3.74. The van der Waals surface area contributed by atoms with Gasteiger partial charge in [0.05, 0.1) is 5.25 Å². The van der Waals surface area contributed by atoms with Crippen LogP contribution in [0.2, 0.25) is 0 Å². The number of piperidine rings is 1. The van der Waals surface area contributed by atoms with E-state index in [4.69, 9.17) is 0 Å². The lowest BCUT2D eigenvalue weighted by Crippen LogP contribution is -2.53. The normalized spacial score (nSPS) is 37.0. The zero-order valence-electron chi connectivity index (χ0n) is 13.1. The molecule has 1 saturated carbocycles. The van der Waals surface area contributed by atoms with E-state index < -0.39 is 9.84 Å². The van der Waals surface area contributed by atoms with Crippen LogP contribution in [0.5, 0.6) is 0 Å². The Hall–Kier alpha value is -0.130. The van der Waals surface area contributed by atoms with Gasteiger partial charge in [0, 0.05) is 24.9 Å². The van der Waals surface area contributed by atoms with Crippen LogP contribution in [0, 0.1) is 5.92 Å². The van der Waals surface area contributed by atoms with Crippen LogP contribution in [0.4, 0.5) is 0 Å². The first-order chi connectivity index (χ1) is 9.45. The second-order valence-electron chi connectivity index (χ2n) is 6.62. The van der Waals surface area contributed by atoms with Crippen molar-refractivity contribution in [3.05, 3.63) is 0 Å². The maximum absolute atomic E-state index is 11.8. The van der Waals surface area contributed by atoms with E-state index in [1.807, 2.05) is 0 Å². The Morgan fingerprint density at radius 2 is 2.00 bits per heavy atom. The van der Waals surface area contributed by atoms with Gasteiger partial charge in [0.15, 0.2) is 0 Å². The van der Waals surface area contributed by atoms with Crippen molar-refractivity contribution >= 4 is 9.84 Å². The van der Waals surface area contributed by atoms with Crippen LogP contribution in [0.1, 0.15) is 45.4 Å². The molecule has 0 aromatic carbocycles. The Morgan fingerprint density at radius 3 is 2.60 bits per heavy atom. The van der Waals surface area contributed by atoms with Crippen molar-refractivity contribution in [1.82, 2.24) is 10.2 Å². The average molecular weight is 302 g/mol. The van der Waals surface area contributed by atoms with Gasteiger partial charge in [0.1, 0.15) is 9.84 Å². The number of likely N-dealkylation sites (tertiary alicyclic amines) is 1. The molecule has 4 nitrogen and oxygen atoms in total. The molecule has 2 aliphatic rings. The SMILES string of the molecule is CCC1CN(C2CCCC(S(C)(=O)=O)C2)CCC1NC. The summed E-state index contributed by atoms with van der Waals surface area (Å²) in [7, 11) is -0.812. The molecule has 0 spiro atoms. The molecule has 1 saturated heterocycles. The Bertz CT molecular complexity index is 410. The first-order valence-electron chi connectivity index (χ1n) is 8.05. The average Bonchev–Trinajstić information content (AvgIpc) is 2.45. The van der Waals surface area contributed by atoms with Crippen LogP contribution in [-0.4, -0.2) is 57.0 Å². The summed E-state index contributed by atoms with van der Waals surface area (Å²) in [6, 6.07) is 1.11. The number of rotatable bonds is 4. The van der Waals surface area contributed by atoms with Gasteiger partial charge in [-0.3, -0.25) is 4.90 Å². The van der Waals surface area contributed by atoms with Gasteiger partial charge in [-0.25, -0.2) is 8.42 Å². The van der Waals surface area contributed by atoms with Crippen molar-refractivity contribution < 1.29 is 8.42 Å². The summed E-state index contributed by atoms with van der Waals surface area (Å²) in [5, 5.41) is 3.33. The van der Waals surface area contributed by atoms with E-state index in [-0.39, 0.29) is 5.25 Å². The smallest absolute Gasteiger partial charge is 0.150 e. The van der Waals surface area contributed by atoms with E-state index in [9.17, 15) is 8.42 Å². The van der Waals surface area contributed by atoms with Crippen molar-refractivity contribution in [1.29, 1.82) is 0 Å². The van der Waals surface area contributed by atoms with E-state index >= 15 is 0 Å². The van der Waals surface area contributed by atoms with E-state index in [1.54, 1.807) is 0 Å². The monoisotopic (exact) mass is 302 g/mol. The standard InChI is InChI=1S/C15H30N2O2S/c1-4-12-11-17(9-8-15(12)16-2)13-6-5-7-14(10-13)20(3,18)19/h12-16H,4-11H2,1-3H3. The lowest BCUT2D eigenvalue weighted by molar-refractivity contribution is 0.0787. The fourth-order valence-electron chi connectivity index (χ4n) is 4.03. The Morgan fingerprint density at radius 1 is 1.25 bits per heavy atom. The first-order valence-corrected chi connectivity index (χ1v) is 10.0. The van der Waals surface area contributed by atoms with Crippen molar-refractivity contribution in [2.24, 2.45) is 5.92 Å². The summed E-state index contributed by atoms with van der Waals surface area (Å²) in [6.07, 6.45) is 7.73. The van der Waals surface area contributed by atoms with E-state index in [2.05, 4.69) is 24.2 Å². The van der Waals surface area contributed by atoms with Gasteiger partial charge >= 0.3 is 0 Å². The largest absolute Gasteiger partial charge is 0.317 e. The van der Waals surface area contributed by atoms with Crippen LogP contribution in [-0.2, 0) is 9.84 Å². The second-order valence-corrected chi connectivity index (χ2v) is 8.94. The van der Waals surface area contributed by atoms with Crippen molar-refractivity contribution in [3.63, 3.8) is 0 Å². The molecular formula is C15H30N2O2S. The van der Waals surface area contributed by atoms with Gasteiger partial charge in [-0.05, 0) is 45.2 Å². The Kier molecular flexibility index (Phi) is 5.49. The summed E-state index contributed by atoms with van der Waals surface area (Å²) in [4.78, 5) is 2.57. The molecular weight excluding hydrogens is 272 g/mol. The molecule has 0 bridgehead atoms. The maximum Gasteiger partial charge on any atom is 0.150 e. The molecule has 118 valence electrons.